The van der Waals surface area contributed by atoms with Crippen molar-refractivity contribution in [2.24, 2.45) is 11.7 Å². The van der Waals surface area contributed by atoms with E-state index >= 15 is 0 Å². The van der Waals surface area contributed by atoms with Gasteiger partial charge < -0.3 is 16.4 Å². The molecule has 5 heteroatoms. The van der Waals surface area contributed by atoms with Crippen molar-refractivity contribution in [3.8, 4) is 0 Å². The first-order chi connectivity index (χ1) is 7.32. The average molecular weight is 227 g/mol. The summed E-state index contributed by atoms with van der Waals surface area (Å²) in [6, 6.07) is 0.198. The third-order valence-corrected chi connectivity index (χ3v) is 2.94. The number of carbonyl (C=O) groups is 2. The van der Waals surface area contributed by atoms with Crippen molar-refractivity contribution >= 4 is 11.8 Å². The molecule has 0 aliphatic carbocycles. The van der Waals surface area contributed by atoms with Crippen LogP contribution in [0.3, 0.4) is 0 Å². The van der Waals surface area contributed by atoms with Gasteiger partial charge in [-0.05, 0) is 33.7 Å². The van der Waals surface area contributed by atoms with Crippen molar-refractivity contribution in [3.05, 3.63) is 0 Å². The van der Waals surface area contributed by atoms with Gasteiger partial charge in [-0.2, -0.15) is 0 Å². The minimum Gasteiger partial charge on any atom is -0.370 e. The lowest BCUT2D eigenvalue weighted by Crippen LogP contribution is -2.49. The van der Waals surface area contributed by atoms with Crippen LogP contribution in [0, 0.1) is 5.92 Å². The van der Waals surface area contributed by atoms with Gasteiger partial charge in [0.25, 0.3) is 0 Å². The van der Waals surface area contributed by atoms with Crippen LogP contribution in [0.25, 0.3) is 0 Å². The maximum atomic E-state index is 11.9. The summed E-state index contributed by atoms with van der Waals surface area (Å²) in [5.41, 5.74) is 4.57. The van der Waals surface area contributed by atoms with Gasteiger partial charge in [-0.25, -0.2) is 0 Å². The van der Waals surface area contributed by atoms with Gasteiger partial charge in [0.15, 0.2) is 0 Å². The van der Waals surface area contributed by atoms with Crippen molar-refractivity contribution in [3.63, 3.8) is 0 Å². The van der Waals surface area contributed by atoms with E-state index in [0.717, 1.165) is 13.0 Å². The lowest BCUT2D eigenvalue weighted by Gasteiger charge is -2.27. The molecule has 0 bridgehead atoms. The summed E-state index contributed by atoms with van der Waals surface area (Å²) in [4.78, 5) is 22.8. The molecule has 1 saturated heterocycles. The lowest BCUT2D eigenvalue weighted by molar-refractivity contribution is -0.127. The van der Waals surface area contributed by atoms with Gasteiger partial charge in [-0.3, -0.25) is 9.59 Å². The van der Waals surface area contributed by atoms with Crippen LogP contribution in [-0.2, 0) is 9.59 Å². The monoisotopic (exact) mass is 227 g/mol. The Morgan fingerprint density at radius 2 is 2.12 bits per heavy atom. The molecule has 2 amide bonds. The number of amides is 2. The Balaban J connectivity index is 2.52. The van der Waals surface area contributed by atoms with Crippen LogP contribution in [0.4, 0.5) is 0 Å². The molecule has 0 aromatic heterocycles. The highest BCUT2D eigenvalue weighted by molar-refractivity contribution is 5.82. The van der Waals surface area contributed by atoms with E-state index in [9.17, 15) is 9.59 Å². The zero-order valence-electron chi connectivity index (χ0n) is 10.2. The Morgan fingerprint density at radius 3 is 2.56 bits per heavy atom. The summed E-state index contributed by atoms with van der Waals surface area (Å²) in [6.45, 7) is 6.49. The molecule has 92 valence electrons. The molecule has 2 unspecified atom stereocenters. The van der Waals surface area contributed by atoms with Gasteiger partial charge in [-0.15, -0.1) is 0 Å². The first kappa shape index (κ1) is 13.0. The summed E-state index contributed by atoms with van der Waals surface area (Å²) in [5.74, 6) is -0.404. The molecule has 4 N–H and O–H groups in total. The first-order valence-electron chi connectivity index (χ1n) is 5.65. The fourth-order valence-electron chi connectivity index (χ4n) is 2.12. The maximum absolute atomic E-state index is 11.9. The van der Waals surface area contributed by atoms with Crippen LogP contribution in [0.5, 0.6) is 0 Å². The number of hydrogen-bond acceptors (Lipinski definition) is 3. The molecule has 2 atom stereocenters. The largest absolute Gasteiger partial charge is 0.370 e. The molecule has 1 aliphatic heterocycles. The predicted molar refractivity (Wildman–Crippen MR) is 61.6 cm³/mol. The van der Waals surface area contributed by atoms with E-state index in [1.807, 2.05) is 20.8 Å². The summed E-state index contributed by atoms with van der Waals surface area (Å²) in [7, 11) is 0. The van der Waals surface area contributed by atoms with E-state index in [4.69, 9.17) is 5.73 Å². The highest BCUT2D eigenvalue weighted by Gasteiger charge is 2.32. The van der Waals surface area contributed by atoms with E-state index in [1.165, 1.54) is 0 Å². The molecule has 1 aliphatic rings. The second kappa shape index (κ2) is 4.82. The Hall–Kier alpha value is -1.10. The molecular weight excluding hydrogens is 206 g/mol. The normalized spacial score (nSPS) is 25.4. The topological polar surface area (TPSA) is 84.2 Å². The third-order valence-electron chi connectivity index (χ3n) is 2.94. The molecule has 0 saturated carbocycles. The third kappa shape index (κ3) is 3.48. The quantitative estimate of drug-likeness (QED) is 0.619. The number of rotatable bonds is 4. The highest BCUT2D eigenvalue weighted by Crippen LogP contribution is 2.17. The van der Waals surface area contributed by atoms with Crippen molar-refractivity contribution in [1.29, 1.82) is 0 Å². The Bertz CT molecular complexity index is 289. The smallest absolute Gasteiger partial charge is 0.225 e. The van der Waals surface area contributed by atoms with E-state index in [-0.39, 0.29) is 24.3 Å². The van der Waals surface area contributed by atoms with Crippen molar-refractivity contribution in [1.82, 2.24) is 10.6 Å². The van der Waals surface area contributed by atoms with Crippen molar-refractivity contribution in [2.75, 3.05) is 6.54 Å². The molecule has 0 aromatic rings. The van der Waals surface area contributed by atoms with Gasteiger partial charge in [0.05, 0.1) is 5.92 Å². The van der Waals surface area contributed by atoms with E-state index in [1.54, 1.807) is 0 Å². The Labute approximate surface area is 96.1 Å². The van der Waals surface area contributed by atoms with Crippen molar-refractivity contribution in [2.45, 2.75) is 45.2 Å². The molecule has 1 heterocycles. The lowest BCUT2D eigenvalue weighted by atomic mass is 9.96. The van der Waals surface area contributed by atoms with Gasteiger partial charge >= 0.3 is 0 Å². The van der Waals surface area contributed by atoms with E-state index in [2.05, 4.69) is 10.6 Å². The summed E-state index contributed by atoms with van der Waals surface area (Å²) < 4.78 is 0. The molecule has 0 spiro atoms. The zero-order chi connectivity index (χ0) is 12.3. The summed E-state index contributed by atoms with van der Waals surface area (Å²) in [6.07, 6.45) is 1.01. The fourth-order valence-corrected chi connectivity index (χ4v) is 2.12. The molecule has 5 nitrogen and oxygen atoms in total. The number of primary amides is 1. The minimum absolute atomic E-state index is 0.00347. The summed E-state index contributed by atoms with van der Waals surface area (Å²) >= 11 is 0. The number of hydrogen-bond donors (Lipinski definition) is 3. The molecule has 0 radical (unpaired) electrons. The Morgan fingerprint density at radius 1 is 1.50 bits per heavy atom. The van der Waals surface area contributed by atoms with Gasteiger partial charge in [0.2, 0.25) is 11.8 Å². The number of nitrogens with one attached hydrogen (secondary N) is 2. The zero-order valence-corrected chi connectivity index (χ0v) is 10.2. The first-order valence-corrected chi connectivity index (χ1v) is 5.65. The maximum Gasteiger partial charge on any atom is 0.225 e. The molecular formula is C11H21N3O2. The van der Waals surface area contributed by atoms with Crippen LogP contribution in [0.2, 0.25) is 0 Å². The van der Waals surface area contributed by atoms with Crippen LogP contribution in [0.15, 0.2) is 0 Å². The van der Waals surface area contributed by atoms with Gasteiger partial charge in [0, 0.05) is 18.0 Å². The fraction of sp³-hybridized carbons (Fsp3) is 0.818. The Kier molecular flexibility index (Phi) is 3.91. The molecule has 0 aromatic carbocycles. The average Bonchev–Trinajstić information content (AvgIpc) is 2.47. The van der Waals surface area contributed by atoms with Crippen LogP contribution in [0.1, 0.15) is 33.6 Å². The van der Waals surface area contributed by atoms with Crippen LogP contribution in [-0.4, -0.2) is 29.9 Å². The second-order valence-corrected chi connectivity index (χ2v) is 5.15. The number of carbonyl (C=O) groups excluding carboxylic acids is 2. The van der Waals surface area contributed by atoms with Crippen LogP contribution >= 0.6 is 0 Å². The molecule has 1 rings (SSSR count). The molecule has 1 fully saturated rings. The van der Waals surface area contributed by atoms with Crippen LogP contribution < -0.4 is 16.4 Å². The van der Waals surface area contributed by atoms with E-state index in [0.29, 0.717) is 0 Å². The van der Waals surface area contributed by atoms with E-state index < -0.39 is 11.4 Å². The van der Waals surface area contributed by atoms with Gasteiger partial charge in [-0.1, -0.05) is 0 Å². The minimum atomic E-state index is -0.564. The SMILES string of the molecule is CC1NCCC1C(=O)NC(C)(C)CC(N)=O. The predicted octanol–water partition coefficient (Wildman–Crippen LogP) is -0.245. The van der Waals surface area contributed by atoms with Crippen molar-refractivity contribution < 1.29 is 9.59 Å². The second-order valence-electron chi connectivity index (χ2n) is 5.15. The standard InChI is InChI=1S/C11H21N3O2/c1-7-8(4-5-13-7)10(16)14-11(2,3)6-9(12)15/h7-8,13H,4-6H2,1-3H3,(H2,12,15)(H,14,16). The number of nitrogens with two attached hydrogens (primary N) is 1. The summed E-state index contributed by atoms with van der Waals surface area (Å²) in [5, 5.41) is 6.10. The highest BCUT2D eigenvalue weighted by atomic mass is 16.2. The molecule has 16 heavy (non-hydrogen) atoms. The van der Waals surface area contributed by atoms with Gasteiger partial charge in [0.1, 0.15) is 0 Å².